The van der Waals surface area contributed by atoms with Crippen molar-refractivity contribution in [2.45, 2.75) is 37.9 Å². The number of fused-ring (bicyclic) bond motifs is 2. The van der Waals surface area contributed by atoms with Gasteiger partial charge in [0.1, 0.15) is 0 Å². The molecular formula is C18H18BrNO3. The molecule has 23 heavy (non-hydrogen) atoms. The minimum Gasteiger partial charge on any atom is -0.623 e. The van der Waals surface area contributed by atoms with E-state index in [-0.39, 0.29) is 18.2 Å². The fourth-order valence-electron chi connectivity index (χ4n) is 3.51. The van der Waals surface area contributed by atoms with E-state index in [9.17, 15) is 5.21 Å². The molecule has 120 valence electrons. The Labute approximate surface area is 143 Å². The van der Waals surface area contributed by atoms with Crippen molar-refractivity contribution in [3.05, 3.63) is 53.2 Å². The second-order valence-electron chi connectivity index (χ2n) is 6.52. The number of hydroxylamine groups is 1. The highest BCUT2D eigenvalue weighted by Gasteiger charge is 2.57. The molecule has 2 aromatic rings. The summed E-state index contributed by atoms with van der Waals surface area (Å²) in [7, 11) is 0. The lowest BCUT2D eigenvalue weighted by Crippen LogP contribution is -2.35. The van der Waals surface area contributed by atoms with Crippen molar-refractivity contribution in [1.82, 2.24) is 0 Å². The SMILES string of the molecule is CC1(C)O[C@H]2[C@@H](O1)C(c1ccc3ccccc3c1)=[N+]([O-])[C@H]2CBr. The average Bonchev–Trinajstić information content (AvgIpc) is 2.95. The van der Waals surface area contributed by atoms with Crippen LogP contribution in [-0.4, -0.2) is 39.8 Å². The molecule has 0 aromatic heterocycles. The molecule has 0 unspecified atom stereocenters. The highest BCUT2D eigenvalue weighted by atomic mass is 79.9. The van der Waals surface area contributed by atoms with Gasteiger partial charge in [0.15, 0.2) is 18.0 Å². The smallest absolute Gasteiger partial charge is 0.227 e. The van der Waals surface area contributed by atoms with E-state index in [2.05, 4.69) is 34.1 Å². The van der Waals surface area contributed by atoms with Gasteiger partial charge in [0.05, 0.1) is 5.33 Å². The van der Waals surface area contributed by atoms with Crippen LogP contribution >= 0.6 is 15.9 Å². The number of hydrogen-bond donors (Lipinski definition) is 0. The molecule has 0 saturated carbocycles. The largest absolute Gasteiger partial charge is 0.623 e. The predicted octanol–water partition coefficient (Wildman–Crippen LogP) is 3.44. The van der Waals surface area contributed by atoms with Crippen molar-refractivity contribution in [2.24, 2.45) is 0 Å². The Bertz CT molecular complexity index is 802. The summed E-state index contributed by atoms with van der Waals surface area (Å²) >= 11 is 3.44. The van der Waals surface area contributed by atoms with Gasteiger partial charge in [-0.2, -0.15) is 4.74 Å². The molecule has 2 heterocycles. The summed E-state index contributed by atoms with van der Waals surface area (Å²) in [5.74, 6) is -0.668. The number of ether oxygens (including phenoxy) is 2. The van der Waals surface area contributed by atoms with Gasteiger partial charge < -0.3 is 14.7 Å². The number of halogens is 1. The molecule has 2 aliphatic heterocycles. The van der Waals surface area contributed by atoms with Crippen LogP contribution in [0.5, 0.6) is 0 Å². The van der Waals surface area contributed by atoms with Crippen LogP contribution in [0.15, 0.2) is 42.5 Å². The fourth-order valence-corrected chi connectivity index (χ4v) is 4.14. The quantitative estimate of drug-likeness (QED) is 0.458. The van der Waals surface area contributed by atoms with E-state index in [1.54, 1.807) is 0 Å². The lowest BCUT2D eigenvalue weighted by Gasteiger charge is -2.21. The Kier molecular flexibility index (Phi) is 3.48. The lowest BCUT2D eigenvalue weighted by molar-refractivity contribution is -0.498. The van der Waals surface area contributed by atoms with Crippen LogP contribution in [0.4, 0.5) is 0 Å². The number of nitrogens with zero attached hydrogens (tertiary/aromatic N) is 1. The third-order valence-electron chi connectivity index (χ3n) is 4.52. The highest BCUT2D eigenvalue weighted by Crippen LogP contribution is 2.37. The first-order valence-corrected chi connectivity index (χ1v) is 8.86. The molecule has 0 bridgehead atoms. The van der Waals surface area contributed by atoms with Crippen LogP contribution in [0.1, 0.15) is 19.4 Å². The zero-order valence-corrected chi connectivity index (χ0v) is 14.6. The van der Waals surface area contributed by atoms with Gasteiger partial charge in [0.2, 0.25) is 11.8 Å². The molecule has 0 aliphatic carbocycles. The number of hydrogen-bond acceptors (Lipinski definition) is 3. The number of rotatable bonds is 2. The summed E-state index contributed by atoms with van der Waals surface area (Å²) in [6, 6.07) is 13.9. The molecule has 0 radical (unpaired) electrons. The molecule has 3 atom stereocenters. The molecule has 5 heteroatoms. The summed E-state index contributed by atoms with van der Waals surface area (Å²) in [4.78, 5) is 0. The van der Waals surface area contributed by atoms with Crippen molar-refractivity contribution in [1.29, 1.82) is 0 Å². The summed E-state index contributed by atoms with van der Waals surface area (Å²) in [5, 5.41) is 15.6. The predicted molar refractivity (Wildman–Crippen MR) is 93.1 cm³/mol. The van der Waals surface area contributed by atoms with Gasteiger partial charge in [-0.3, -0.25) is 0 Å². The van der Waals surface area contributed by atoms with Crippen molar-refractivity contribution in [3.8, 4) is 0 Å². The van der Waals surface area contributed by atoms with Crippen LogP contribution < -0.4 is 0 Å². The zero-order chi connectivity index (χ0) is 16.2. The minimum absolute atomic E-state index is 0.247. The number of benzene rings is 2. The summed E-state index contributed by atoms with van der Waals surface area (Å²) in [5.41, 5.74) is 1.56. The lowest BCUT2D eigenvalue weighted by atomic mass is 9.99. The molecule has 1 fully saturated rings. The Morgan fingerprint density at radius 2 is 1.87 bits per heavy atom. The maximum Gasteiger partial charge on any atom is 0.227 e. The van der Waals surface area contributed by atoms with E-state index in [0.717, 1.165) is 21.1 Å². The van der Waals surface area contributed by atoms with Gasteiger partial charge in [-0.15, -0.1) is 0 Å². The molecular weight excluding hydrogens is 358 g/mol. The van der Waals surface area contributed by atoms with E-state index in [1.807, 2.05) is 38.1 Å². The van der Waals surface area contributed by atoms with Crippen LogP contribution in [0, 0.1) is 5.21 Å². The van der Waals surface area contributed by atoms with Gasteiger partial charge >= 0.3 is 0 Å². The van der Waals surface area contributed by atoms with E-state index >= 15 is 0 Å². The summed E-state index contributed by atoms with van der Waals surface area (Å²) in [6.07, 6.45) is -0.574. The Morgan fingerprint density at radius 3 is 2.61 bits per heavy atom. The normalized spacial score (nSPS) is 29.3. The van der Waals surface area contributed by atoms with E-state index in [4.69, 9.17) is 9.47 Å². The second kappa shape index (κ2) is 5.30. The van der Waals surface area contributed by atoms with Crippen molar-refractivity contribution in [2.75, 3.05) is 5.33 Å². The first-order valence-electron chi connectivity index (χ1n) is 7.74. The maximum atomic E-state index is 12.8. The molecule has 4 nitrogen and oxygen atoms in total. The van der Waals surface area contributed by atoms with Crippen molar-refractivity contribution in [3.63, 3.8) is 0 Å². The van der Waals surface area contributed by atoms with Crippen LogP contribution in [-0.2, 0) is 9.47 Å². The number of alkyl halides is 1. The third kappa shape index (κ3) is 2.38. The van der Waals surface area contributed by atoms with E-state index in [0.29, 0.717) is 11.0 Å². The molecule has 2 aromatic carbocycles. The Balaban J connectivity index is 1.83. The summed E-state index contributed by atoms with van der Waals surface area (Å²) < 4.78 is 13.1. The minimum atomic E-state index is -0.668. The molecule has 4 rings (SSSR count). The van der Waals surface area contributed by atoms with Crippen molar-refractivity contribution < 1.29 is 14.2 Å². The third-order valence-corrected chi connectivity index (χ3v) is 5.18. The zero-order valence-electron chi connectivity index (χ0n) is 13.0. The van der Waals surface area contributed by atoms with Crippen LogP contribution in [0.3, 0.4) is 0 Å². The standard InChI is InChI=1S/C18H18BrNO3/c1-18(2)22-16-14(10-19)20(21)15(17(16)23-18)13-8-7-11-5-3-4-6-12(11)9-13/h3-9,14,16-17H,10H2,1-2H3/t14-,16+,17-/m0/s1. The Morgan fingerprint density at radius 1 is 1.13 bits per heavy atom. The van der Waals surface area contributed by atoms with Crippen molar-refractivity contribution >= 4 is 32.4 Å². The second-order valence-corrected chi connectivity index (χ2v) is 7.16. The van der Waals surface area contributed by atoms with Gasteiger partial charge in [-0.1, -0.05) is 46.3 Å². The van der Waals surface area contributed by atoms with Gasteiger partial charge in [-0.25, -0.2) is 0 Å². The van der Waals surface area contributed by atoms with E-state index < -0.39 is 5.79 Å². The Hall–Kier alpha value is -1.43. The fraction of sp³-hybridized carbons (Fsp3) is 0.389. The van der Waals surface area contributed by atoms with Crippen LogP contribution in [0.25, 0.3) is 10.8 Å². The van der Waals surface area contributed by atoms with Gasteiger partial charge in [-0.05, 0) is 36.8 Å². The molecule has 1 saturated heterocycles. The first kappa shape index (κ1) is 15.1. The molecule has 0 amide bonds. The molecule has 0 N–H and O–H groups in total. The monoisotopic (exact) mass is 375 g/mol. The first-order chi connectivity index (χ1) is 11.0. The van der Waals surface area contributed by atoms with E-state index in [1.165, 1.54) is 0 Å². The summed E-state index contributed by atoms with van der Waals surface area (Å²) in [6.45, 7) is 3.79. The van der Waals surface area contributed by atoms with Crippen LogP contribution in [0.2, 0.25) is 0 Å². The van der Waals surface area contributed by atoms with Gasteiger partial charge in [0.25, 0.3) is 0 Å². The highest BCUT2D eigenvalue weighted by molar-refractivity contribution is 9.09. The molecule has 0 spiro atoms. The average molecular weight is 376 g/mol. The van der Waals surface area contributed by atoms with Gasteiger partial charge in [0, 0.05) is 5.56 Å². The topological polar surface area (TPSA) is 44.5 Å². The molecule has 2 aliphatic rings. The maximum absolute atomic E-state index is 12.8.